The van der Waals surface area contributed by atoms with Gasteiger partial charge in [-0.25, -0.2) is 13.8 Å². The lowest BCUT2D eigenvalue weighted by atomic mass is 10.2. The minimum Gasteiger partial charge on any atom is -0.292 e. The first-order chi connectivity index (χ1) is 10.0. The van der Waals surface area contributed by atoms with Gasteiger partial charge in [-0.3, -0.25) is 4.57 Å². The van der Waals surface area contributed by atoms with Gasteiger partial charge < -0.3 is 0 Å². The molecular weight excluding hydrogens is 385 g/mol. The molecule has 0 aliphatic heterocycles. The summed E-state index contributed by atoms with van der Waals surface area (Å²) in [5, 5.41) is 0.426. The molecule has 0 spiro atoms. The van der Waals surface area contributed by atoms with Crippen LogP contribution in [0.15, 0.2) is 34.8 Å². The van der Waals surface area contributed by atoms with E-state index in [9.17, 15) is 8.78 Å². The molecule has 1 aromatic heterocycles. The topological polar surface area (TPSA) is 17.8 Å². The molecule has 0 N–H and O–H groups in total. The highest BCUT2D eigenvalue weighted by atomic mass is 79.9. The van der Waals surface area contributed by atoms with Crippen molar-refractivity contribution in [2.45, 2.75) is 5.88 Å². The maximum Gasteiger partial charge on any atom is 0.148 e. The average Bonchev–Trinajstić information content (AvgIpc) is 2.83. The second kappa shape index (κ2) is 5.55. The Bertz CT molecular complexity index is 849. The third-order valence-electron chi connectivity index (χ3n) is 3.06. The van der Waals surface area contributed by atoms with Gasteiger partial charge in [-0.1, -0.05) is 17.7 Å². The van der Waals surface area contributed by atoms with Crippen LogP contribution in [0.5, 0.6) is 0 Å². The van der Waals surface area contributed by atoms with Crippen LogP contribution < -0.4 is 0 Å². The van der Waals surface area contributed by atoms with Gasteiger partial charge in [0.2, 0.25) is 0 Å². The molecule has 0 radical (unpaired) electrons. The molecule has 0 amide bonds. The van der Waals surface area contributed by atoms with E-state index in [2.05, 4.69) is 20.9 Å². The third kappa shape index (κ3) is 2.43. The van der Waals surface area contributed by atoms with Crippen LogP contribution >= 0.6 is 39.1 Å². The van der Waals surface area contributed by atoms with Crippen LogP contribution in [0.3, 0.4) is 0 Å². The fraction of sp³-hybridized carbons (Fsp3) is 0.0714. The lowest BCUT2D eigenvalue weighted by Crippen LogP contribution is -2.03. The van der Waals surface area contributed by atoms with E-state index < -0.39 is 11.6 Å². The standard InChI is InChI=1S/C14H7BrCl2F2N2/c15-7-4-10(19)12(5-9(7)18)21-11-3-1-2-8(17)14(11)20-13(21)6-16/h1-5H,6H2. The van der Waals surface area contributed by atoms with Crippen molar-refractivity contribution in [3.63, 3.8) is 0 Å². The SMILES string of the molecule is Fc1cc(-n2c(CCl)nc3c(Cl)cccc32)c(F)cc1Br. The molecule has 1 heterocycles. The van der Waals surface area contributed by atoms with Crippen LogP contribution in [-0.2, 0) is 5.88 Å². The van der Waals surface area contributed by atoms with Crippen LogP contribution in [0, 0.1) is 11.6 Å². The van der Waals surface area contributed by atoms with Gasteiger partial charge in [0.05, 0.1) is 26.6 Å². The number of halogens is 5. The molecule has 21 heavy (non-hydrogen) atoms. The zero-order valence-corrected chi connectivity index (χ0v) is 13.5. The molecular formula is C14H7BrCl2F2N2. The molecule has 0 unspecified atom stereocenters. The van der Waals surface area contributed by atoms with Crippen LogP contribution in [0.2, 0.25) is 5.02 Å². The molecule has 0 fully saturated rings. The van der Waals surface area contributed by atoms with Crippen molar-refractivity contribution in [2.75, 3.05) is 0 Å². The van der Waals surface area contributed by atoms with E-state index in [1.165, 1.54) is 4.57 Å². The first-order valence-electron chi connectivity index (χ1n) is 5.89. The molecule has 0 saturated heterocycles. The fourth-order valence-electron chi connectivity index (χ4n) is 2.16. The number of rotatable bonds is 2. The fourth-order valence-corrected chi connectivity index (χ4v) is 2.86. The van der Waals surface area contributed by atoms with E-state index in [0.29, 0.717) is 21.9 Å². The van der Waals surface area contributed by atoms with Crippen molar-refractivity contribution in [1.82, 2.24) is 9.55 Å². The molecule has 0 aliphatic rings. The minimum absolute atomic E-state index is 0.0381. The van der Waals surface area contributed by atoms with E-state index >= 15 is 0 Å². The van der Waals surface area contributed by atoms with Crippen molar-refractivity contribution in [3.8, 4) is 5.69 Å². The number of benzene rings is 2. The van der Waals surface area contributed by atoms with Crippen molar-refractivity contribution in [3.05, 3.63) is 57.3 Å². The highest BCUT2D eigenvalue weighted by Gasteiger charge is 2.18. The van der Waals surface area contributed by atoms with Crippen molar-refractivity contribution in [2.24, 2.45) is 0 Å². The zero-order valence-electron chi connectivity index (χ0n) is 10.4. The summed E-state index contributed by atoms with van der Waals surface area (Å²) in [6.45, 7) is 0. The summed E-state index contributed by atoms with van der Waals surface area (Å²) in [7, 11) is 0. The minimum atomic E-state index is -0.589. The van der Waals surface area contributed by atoms with Crippen LogP contribution in [-0.4, -0.2) is 9.55 Å². The smallest absolute Gasteiger partial charge is 0.148 e. The van der Waals surface area contributed by atoms with Gasteiger partial charge in [0.25, 0.3) is 0 Å². The Hall–Kier alpha value is -1.17. The highest BCUT2D eigenvalue weighted by Crippen LogP contribution is 2.30. The average molecular weight is 392 g/mol. The summed E-state index contributed by atoms with van der Waals surface area (Å²) in [5.41, 5.74) is 1.10. The van der Waals surface area contributed by atoms with Gasteiger partial charge in [0.1, 0.15) is 23.0 Å². The Morgan fingerprint density at radius 2 is 1.95 bits per heavy atom. The number of aromatic nitrogens is 2. The second-order valence-corrected chi connectivity index (χ2v) is 5.85. The van der Waals surface area contributed by atoms with Crippen molar-refractivity contribution < 1.29 is 8.78 Å². The molecule has 0 saturated carbocycles. The highest BCUT2D eigenvalue weighted by molar-refractivity contribution is 9.10. The maximum atomic E-state index is 14.2. The van der Waals surface area contributed by atoms with Gasteiger partial charge in [-0.2, -0.15) is 0 Å². The number of alkyl halides is 1. The van der Waals surface area contributed by atoms with Crippen LogP contribution in [0.25, 0.3) is 16.7 Å². The number of fused-ring (bicyclic) bond motifs is 1. The summed E-state index contributed by atoms with van der Waals surface area (Å²) < 4.78 is 29.5. The quantitative estimate of drug-likeness (QED) is 0.419. The van der Waals surface area contributed by atoms with Gasteiger partial charge >= 0.3 is 0 Å². The van der Waals surface area contributed by atoms with Crippen LogP contribution in [0.4, 0.5) is 8.78 Å². The molecule has 2 aromatic carbocycles. The van der Waals surface area contributed by atoms with E-state index in [4.69, 9.17) is 23.2 Å². The summed E-state index contributed by atoms with van der Waals surface area (Å²) in [6, 6.07) is 7.28. The molecule has 3 rings (SSSR count). The van der Waals surface area contributed by atoms with Gasteiger partial charge in [-0.05, 0) is 34.1 Å². The van der Waals surface area contributed by atoms with Gasteiger partial charge in [-0.15, -0.1) is 11.6 Å². The number of hydrogen-bond donors (Lipinski definition) is 0. The lowest BCUT2D eigenvalue weighted by molar-refractivity contribution is 0.587. The summed E-state index contributed by atoms with van der Waals surface area (Å²) in [6.07, 6.45) is 0. The Kier molecular flexibility index (Phi) is 3.90. The van der Waals surface area contributed by atoms with E-state index in [1.807, 2.05) is 0 Å². The molecule has 108 valence electrons. The van der Waals surface area contributed by atoms with Gasteiger partial charge in [0.15, 0.2) is 0 Å². The van der Waals surface area contributed by atoms with E-state index in [0.717, 1.165) is 12.1 Å². The molecule has 7 heteroatoms. The van der Waals surface area contributed by atoms with Crippen molar-refractivity contribution in [1.29, 1.82) is 0 Å². The number of hydrogen-bond acceptors (Lipinski definition) is 1. The molecule has 0 aliphatic carbocycles. The Morgan fingerprint density at radius 1 is 1.19 bits per heavy atom. The molecule has 2 nitrogen and oxygen atoms in total. The number of para-hydroxylation sites is 1. The number of imidazole rings is 1. The predicted molar refractivity (Wildman–Crippen MR) is 83.3 cm³/mol. The first-order valence-corrected chi connectivity index (χ1v) is 7.60. The summed E-state index contributed by atoms with van der Waals surface area (Å²) in [5.74, 6) is -0.729. The Balaban J connectivity index is 2.39. The summed E-state index contributed by atoms with van der Waals surface area (Å²) in [4.78, 5) is 4.30. The van der Waals surface area contributed by atoms with Crippen molar-refractivity contribution >= 4 is 50.2 Å². The molecule has 3 aromatic rings. The lowest BCUT2D eigenvalue weighted by Gasteiger charge is -2.10. The Labute approximate surface area is 137 Å². The second-order valence-electron chi connectivity index (χ2n) is 4.32. The first kappa shape index (κ1) is 14.8. The predicted octanol–water partition coefficient (Wildman–Crippen LogP) is 5.46. The normalized spacial score (nSPS) is 11.3. The zero-order chi connectivity index (χ0) is 15.1. The summed E-state index contributed by atoms with van der Waals surface area (Å²) >= 11 is 14.9. The maximum absolute atomic E-state index is 14.2. The molecule has 0 bridgehead atoms. The largest absolute Gasteiger partial charge is 0.292 e. The van der Waals surface area contributed by atoms with E-state index in [-0.39, 0.29) is 16.0 Å². The van der Waals surface area contributed by atoms with Gasteiger partial charge in [0, 0.05) is 6.07 Å². The van der Waals surface area contributed by atoms with E-state index in [1.54, 1.807) is 18.2 Å². The number of nitrogens with zero attached hydrogens (tertiary/aromatic N) is 2. The third-order valence-corrected chi connectivity index (χ3v) is 4.21. The molecule has 0 atom stereocenters. The monoisotopic (exact) mass is 390 g/mol. The van der Waals surface area contributed by atoms with Crippen LogP contribution in [0.1, 0.15) is 5.82 Å². The Morgan fingerprint density at radius 3 is 2.67 bits per heavy atom.